The fourth-order valence-corrected chi connectivity index (χ4v) is 2.05. The van der Waals surface area contributed by atoms with Crippen molar-refractivity contribution in [2.45, 2.75) is 20.5 Å². The van der Waals surface area contributed by atoms with Crippen molar-refractivity contribution in [1.29, 1.82) is 0 Å². The van der Waals surface area contributed by atoms with E-state index < -0.39 is 0 Å². The molecule has 0 aliphatic carbocycles. The summed E-state index contributed by atoms with van der Waals surface area (Å²) in [4.78, 5) is 11.9. The van der Waals surface area contributed by atoms with Crippen LogP contribution in [0.25, 0.3) is 0 Å². The van der Waals surface area contributed by atoms with Gasteiger partial charge in [0.25, 0.3) is 0 Å². The van der Waals surface area contributed by atoms with Gasteiger partial charge in [-0.15, -0.1) is 0 Å². The summed E-state index contributed by atoms with van der Waals surface area (Å²) in [7, 11) is 0. The van der Waals surface area contributed by atoms with Crippen molar-refractivity contribution < 1.29 is 9.53 Å². The van der Waals surface area contributed by atoms with Crippen LogP contribution < -0.4 is 5.73 Å². The van der Waals surface area contributed by atoms with Gasteiger partial charge in [-0.2, -0.15) is 0 Å². The van der Waals surface area contributed by atoms with Gasteiger partial charge in [0.15, 0.2) is 0 Å². The summed E-state index contributed by atoms with van der Waals surface area (Å²) in [5, 5.41) is 0. The van der Waals surface area contributed by atoms with E-state index in [0.29, 0.717) is 11.3 Å². The number of nitrogens with two attached hydrogens (primary N) is 1. The van der Waals surface area contributed by atoms with E-state index in [0.717, 1.165) is 16.7 Å². The van der Waals surface area contributed by atoms with E-state index in [1.165, 1.54) is 0 Å². The molecule has 2 aromatic carbocycles. The van der Waals surface area contributed by atoms with Gasteiger partial charge in [-0.05, 0) is 37.6 Å². The topological polar surface area (TPSA) is 52.3 Å². The van der Waals surface area contributed by atoms with E-state index >= 15 is 0 Å². The van der Waals surface area contributed by atoms with Crippen LogP contribution in [0.15, 0.2) is 42.5 Å². The summed E-state index contributed by atoms with van der Waals surface area (Å²) in [6.07, 6.45) is 0. The Morgan fingerprint density at radius 3 is 2.42 bits per heavy atom. The van der Waals surface area contributed by atoms with Crippen LogP contribution in [0.5, 0.6) is 0 Å². The van der Waals surface area contributed by atoms with Crippen LogP contribution in [0.4, 0.5) is 5.69 Å². The summed E-state index contributed by atoms with van der Waals surface area (Å²) < 4.78 is 5.28. The van der Waals surface area contributed by atoms with Gasteiger partial charge in [-0.25, -0.2) is 4.79 Å². The third-order valence-corrected chi connectivity index (χ3v) is 2.77. The van der Waals surface area contributed by atoms with Gasteiger partial charge in [0.05, 0.1) is 5.56 Å². The van der Waals surface area contributed by atoms with E-state index in [2.05, 4.69) is 6.07 Å². The van der Waals surface area contributed by atoms with Crippen molar-refractivity contribution in [2.24, 2.45) is 0 Å². The molecule has 0 fully saturated rings. The molecule has 0 atom stereocenters. The number of aryl methyl sites for hydroxylation is 2. The Balaban J connectivity index is 2.04. The zero-order valence-corrected chi connectivity index (χ0v) is 11.1. The minimum absolute atomic E-state index is 0.274. The number of hydrogen-bond donors (Lipinski definition) is 1. The number of hydrogen-bond acceptors (Lipinski definition) is 3. The van der Waals surface area contributed by atoms with E-state index in [1.54, 1.807) is 24.3 Å². The lowest BCUT2D eigenvalue weighted by Gasteiger charge is -2.07. The molecule has 0 saturated heterocycles. The molecule has 0 saturated carbocycles. The molecule has 19 heavy (non-hydrogen) atoms. The minimum Gasteiger partial charge on any atom is -0.457 e. The van der Waals surface area contributed by atoms with Crippen LogP contribution in [0, 0.1) is 13.8 Å². The summed E-state index contributed by atoms with van der Waals surface area (Å²) in [5.41, 5.74) is 9.99. The second-order valence-corrected chi connectivity index (χ2v) is 4.70. The molecule has 0 amide bonds. The molecule has 2 rings (SSSR count). The molecule has 0 heterocycles. The van der Waals surface area contributed by atoms with Crippen molar-refractivity contribution >= 4 is 11.7 Å². The van der Waals surface area contributed by atoms with Crippen LogP contribution >= 0.6 is 0 Å². The average Bonchev–Trinajstić information content (AvgIpc) is 2.35. The Hall–Kier alpha value is -2.29. The molecule has 0 radical (unpaired) electrons. The summed E-state index contributed by atoms with van der Waals surface area (Å²) in [6, 6.07) is 12.9. The minimum atomic E-state index is -0.355. The van der Waals surface area contributed by atoms with Crippen LogP contribution in [-0.2, 0) is 11.3 Å². The molecule has 2 aromatic rings. The third-order valence-electron chi connectivity index (χ3n) is 2.77. The monoisotopic (exact) mass is 255 g/mol. The number of benzene rings is 2. The van der Waals surface area contributed by atoms with Crippen LogP contribution in [0.3, 0.4) is 0 Å². The first-order valence-electron chi connectivity index (χ1n) is 6.14. The molecule has 2 N–H and O–H groups in total. The van der Waals surface area contributed by atoms with Crippen molar-refractivity contribution in [2.75, 3.05) is 5.73 Å². The number of carbonyl (C=O) groups is 1. The summed E-state index contributed by atoms with van der Waals surface area (Å²) in [5.74, 6) is -0.355. The van der Waals surface area contributed by atoms with E-state index in [-0.39, 0.29) is 12.6 Å². The zero-order chi connectivity index (χ0) is 13.8. The number of nitrogen functional groups attached to an aromatic ring is 1. The fraction of sp³-hybridized carbons (Fsp3) is 0.188. The molecule has 0 unspecified atom stereocenters. The normalized spacial score (nSPS) is 10.2. The highest BCUT2D eigenvalue weighted by Crippen LogP contribution is 2.12. The van der Waals surface area contributed by atoms with Crippen molar-refractivity contribution in [3.63, 3.8) is 0 Å². The van der Waals surface area contributed by atoms with Gasteiger partial charge in [-0.3, -0.25) is 0 Å². The first-order valence-corrected chi connectivity index (χ1v) is 6.14. The molecule has 0 aromatic heterocycles. The quantitative estimate of drug-likeness (QED) is 0.676. The maximum absolute atomic E-state index is 11.9. The number of ether oxygens (including phenoxy) is 1. The number of anilines is 1. The Morgan fingerprint density at radius 1 is 1.11 bits per heavy atom. The zero-order valence-electron chi connectivity index (χ0n) is 11.1. The molecular formula is C16H17NO2. The SMILES string of the molecule is Cc1cc(C)cc(COC(=O)c2cccc(N)c2)c1. The smallest absolute Gasteiger partial charge is 0.338 e. The highest BCUT2D eigenvalue weighted by Gasteiger charge is 2.07. The molecule has 98 valence electrons. The number of esters is 1. The lowest BCUT2D eigenvalue weighted by atomic mass is 10.1. The Bertz CT molecular complexity index is 585. The predicted molar refractivity (Wildman–Crippen MR) is 75.9 cm³/mol. The highest BCUT2D eigenvalue weighted by atomic mass is 16.5. The van der Waals surface area contributed by atoms with Gasteiger partial charge in [-0.1, -0.05) is 35.4 Å². The molecule has 0 aliphatic rings. The van der Waals surface area contributed by atoms with Crippen LogP contribution in [0.1, 0.15) is 27.0 Å². The third kappa shape index (κ3) is 3.58. The van der Waals surface area contributed by atoms with E-state index in [1.807, 2.05) is 26.0 Å². The van der Waals surface area contributed by atoms with Gasteiger partial charge in [0.2, 0.25) is 0 Å². The Morgan fingerprint density at radius 2 is 1.79 bits per heavy atom. The molecular weight excluding hydrogens is 238 g/mol. The van der Waals surface area contributed by atoms with E-state index in [9.17, 15) is 4.79 Å². The Kier molecular flexibility index (Phi) is 3.85. The van der Waals surface area contributed by atoms with Gasteiger partial charge >= 0.3 is 5.97 Å². The predicted octanol–water partition coefficient (Wildman–Crippen LogP) is 3.24. The Labute approximate surface area is 113 Å². The first-order chi connectivity index (χ1) is 9.04. The lowest BCUT2D eigenvalue weighted by molar-refractivity contribution is 0.0472. The summed E-state index contributed by atoms with van der Waals surface area (Å²) >= 11 is 0. The fourth-order valence-electron chi connectivity index (χ4n) is 2.05. The maximum Gasteiger partial charge on any atom is 0.338 e. The highest BCUT2D eigenvalue weighted by molar-refractivity contribution is 5.90. The lowest BCUT2D eigenvalue weighted by Crippen LogP contribution is -2.06. The number of rotatable bonds is 3. The largest absolute Gasteiger partial charge is 0.457 e. The standard InChI is InChI=1S/C16H17NO2/c1-11-6-12(2)8-13(7-11)10-19-16(18)14-4-3-5-15(17)9-14/h3-9H,10,17H2,1-2H3. The molecule has 3 heteroatoms. The van der Waals surface area contributed by atoms with Crippen molar-refractivity contribution in [3.05, 3.63) is 64.7 Å². The van der Waals surface area contributed by atoms with Gasteiger partial charge in [0.1, 0.15) is 6.61 Å². The molecule has 3 nitrogen and oxygen atoms in total. The molecule has 0 bridgehead atoms. The van der Waals surface area contributed by atoms with Crippen molar-refractivity contribution in [1.82, 2.24) is 0 Å². The van der Waals surface area contributed by atoms with E-state index in [4.69, 9.17) is 10.5 Å². The molecule has 0 spiro atoms. The average molecular weight is 255 g/mol. The van der Waals surface area contributed by atoms with Gasteiger partial charge < -0.3 is 10.5 Å². The first kappa shape index (κ1) is 13.1. The number of carbonyl (C=O) groups excluding carboxylic acids is 1. The summed E-state index contributed by atoms with van der Waals surface area (Å²) in [6.45, 7) is 4.32. The second kappa shape index (κ2) is 5.57. The van der Waals surface area contributed by atoms with Gasteiger partial charge in [0, 0.05) is 5.69 Å². The van der Waals surface area contributed by atoms with Crippen molar-refractivity contribution in [3.8, 4) is 0 Å². The van der Waals surface area contributed by atoms with Crippen LogP contribution in [-0.4, -0.2) is 5.97 Å². The maximum atomic E-state index is 11.9. The van der Waals surface area contributed by atoms with Crippen LogP contribution in [0.2, 0.25) is 0 Å². The second-order valence-electron chi connectivity index (χ2n) is 4.70. The molecule has 0 aliphatic heterocycles.